The Bertz CT molecular complexity index is 992. The van der Waals surface area contributed by atoms with Gasteiger partial charge in [0.25, 0.3) is 0 Å². The Balaban J connectivity index is 1.90. The van der Waals surface area contributed by atoms with Crippen LogP contribution in [0.3, 0.4) is 0 Å². The summed E-state index contributed by atoms with van der Waals surface area (Å²) in [4.78, 5) is 11.6. The van der Waals surface area contributed by atoms with E-state index in [1.54, 1.807) is 18.4 Å². The van der Waals surface area contributed by atoms with Gasteiger partial charge in [-0.2, -0.15) is 11.3 Å². The molecular weight excluding hydrogens is 402 g/mol. The lowest BCUT2D eigenvalue weighted by atomic mass is 10.00. The lowest BCUT2D eigenvalue weighted by molar-refractivity contribution is 0.0600. The average molecular weight is 421 g/mol. The number of sulfonamides is 1. The molecule has 1 unspecified atom stereocenters. The van der Waals surface area contributed by atoms with Gasteiger partial charge >= 0.3 is 5.97 Å². The number of thiophene rings is 1. The maximum absolute atomic E-state index is 12.9. The number of hydrogen-bond donors (Lipinski definition) is 1. The molecule has 148 valence electrons. The number of esters is 1. The topological polar surface area (TPSA) is 94.8 Å². The molecule has 1 atom stereocenters. The Hall–Kier alpha value is -2.62. The van der Waals surface area contributed by atoms with Crippen LogP contribution in [0.5, 0.6) is 5.75 Å². The maximum atomic E-state index is 12.9. The molecule has 0 aliphatic heterocycles. The number of methoxy groups -OCH3 is 2. The number of ether oxygens (including phenoxy) is 2. The highest BCUT2D eigenvalue weighted by atomic mass is 32.2. The number of benzene rings is 1. The van der Waals surface area contributed by atoms with E-state index in [2.05, 4.69) is 9.46 Å². The third kappa shape index (κ3) is 4.27. The molecule has 1 aromatic carbocycles. The largest absolute Gasteiger partial charge is 0.495 e. The number of hydrogen-bond acceptors (Lipinski definition) is 7. The molecule has 7 nitrogen and oxygen atoms in total. The third-order valence-electron chi connectivity index (χ3n) is 4.18. The van der Waals surface area contributed by atoms with Gasteiger partial charge in [0.1, 0.15) is 16.4 Å². The molecule has 28 heavy (non-hydrogen) atoms. The van der Waals surface area contributed by atoms with E-state index in [0.29, 0.717) is 5.76 Å². The molecule has 0 bridgehead atoms. The first-order valence-electron chi connectivity index (χ1n) is 8.27. The molecule has 0 aliphatic carbocycles. The Kier molecular flexibility index (Phi) is 6.18. The fourth-order valence-electron chi connectivity index (χ4n) is 2.75. The minimum Gasteiger partial charge on any atom is -0.495 e. The van der Waals surface area contributed by atoms with E-state index in [1.165, 1.54) is 43.8 Å². The highest BCUT2D eigenvalue weighted by Gasteiger charge is 2.25. The summed E-state index contributed by atoms with van der Waals surface area (Å²) in [5.41, 5.74) is 1.06. The van der Waals surface area contributed by atoms with E-state index in [9.17, 15) is 13.2 Å². The lowest BCUT2D eigenvalue weighted by Gasteiger charge is -2.16. The second-order valence-electron chi connectivity index (χ2n) is 5.83. The third-order valence-corrected chi connectivity index (χ3v) is 6.33. The molecule has 0 radical (unpaired) electrons. The number of carbonyl (C=O) groups is 1. The fraction of sp³-hybridized carbons (Fsp3) is 0.211. The van der Waals surface area contributed by atoms with E-state index in [-0.39, 0.29) is 28.7 Å². The summed E-state index contributed by atoms with van der Waals surface area (Å²) in [6.45, 7) is 0.0815. The summed E-state index contributed by atoms with van der Waals surface area (Å²) >= 11 is 1.52. The SMILES string of the molecule is COC(=O)c1ccc(OC)c(S(=O)(=O)NCC(c2ccsc2)c2ccco2)c1. The Morgan fingerprint density at radius 3 is 2.68 bits per heavy atom. The zero-order valence-corrected chi connectivity index (χ0v) is 16.9. The Labute approximate surface area is 167 Å². The van der Waals surface area contributed by atoms with Gasteiger partial charge in [0.05, 0.1) is 32.0 Å². The van der Waals surface area contributed by atoms with Crippen LogP contribution in [0.2, 0.25) is 0 Å². The van der Waals surface area contributed by atoms with Gasteiger partial charge in [0.2, 0.25) is 10.0 Å². The van der Waals surface area contributed by atoms with Crippen molar-refractivity contribution < 1.29 is 27.1 Å². The maximum Gasteiger partial charge on any atom is 0.337 e. The van der Waals surface area contributed by atoms with Crippen molar-refractivity contribution in [2.24, 2.45) is 0 Å². The van der Waals surface area contributed by atoms with Crippen molar-refractivity contribution in [3.63, 3.8) is 0 Å². The van der Waals surface area contributed by atoms with Crippen molar-refractivity contribution in [2.45, 2.75) is 10.8 Å². The molecule has 3 rings (SSSR count). The molecular formula is C19H19NO6S2. The first-order valence-corrected chi connectivity index (χ1v) is 10.7. The van der Waals surface area contributed by atoms with E-state index in [1.807, 2.05) is 16.8 Å². The monoisotopic (exact) mass is 421 g/mol. The van der Waals surface area contributed by atoms with Crippen LogP contribution < -0.4 is 9.46 Å². The minimum absolute atomic E-state index is 0.0815. The van der Waals surface area contributed by atoms with Gasteiger partial charge in [-0.05, 0) is 52.7 Å². The van der Waals surface area contributed by atoms with Crippen LogP contribution in [0.1, 0.15) is 27.6 Å². The van der Waals surface area contributed by atoms with Crippen LogP contribution in [0.4, 0.5) is 0 Å². The van der Waals surface area contributed by atoms with Crippen molar-refractivity contribution >= 4 is 27.3 Å². The van der Waals surface area contributed by atoms with Gasteiger partial charge in [-0.15, -0.1) is 0 Å². The summed E-state index contributed by atoms with van der Waals surface area (Å²) in [7, 11) is -1.37. The van der Waals surface area contributed by atoms with Crippen LogP contribution in [0.25, 0.3) is 0 Å². The lowest BCUT2D eigenvalue weighted by Crippen LogP contribution is -2.29. The standard InChI is InChI=1S/C19H19NO6S2/c1-24-17-6-5-13(19(21)25-2)10-18(17)28(22,23)20-11-15(14-7-9-27-12-14)16-4-3-8-26-16/h3-10,12,15,20H,11H2,1-2H3. The molecule has 0 saturated heterocycles. The van der Waals surface area contributed by atoms with Crippen LogP contribution >= 0.6 is 11.3 Å². The van der Waals surface area contributed by atoms with Gasteiger partial charge in [0.15, 0.2) is 0 Å². The van der Waals surface area contributed by atoms with Crippen LogP contribution in [-0.2, 0) is 14.8 Å². The number of furan rings is 1. The van der Waals surface area contributed by atoms with E-state index in [0.717, 1.165) is 5.56 Å². The average Bonchev–Trinajstić information content (AvgIpc) is 3.41. The van der Waals surface area contributed by atoms with Gasteiger partial charge in [-0.3, -0.25) is 0 Å². The summed E-state index contributed by atoms with van der Waals surface area (Å²) in [6.07, 6.45) is 1.55. The number of rotatable bonds is 8. The van der Waals surface area contributed by atoms with E-state index < -0.39 is 16.0 Å². The molecule has 2 heterocycles. The molecule has 3 aromatic rings. The molecule has 0 spiro atoms. The molecule has 0 fully saturated rings. The van der Waals surface area contributed by atoms with Gasteiger partial charge < -0.3 is 13.9 Å². The van der Waals surface area contributed by atoms with Gasteiger partial charge in [0, 0.05) is 6.54 Å². The molecule has 1 N–H and O–H groups in total. The summed E-state index contributed by atoms with van der Waals surface area (Å²) < 4.78 is 43.8. The zero-order valence-electron chi connectivity index (χ0n) is 15.2. The highest BCUT2D eigenvalue weighted by molar-refractivity contribution is 7.89. The Morgan fingerprint density at radius 2 is 2.07 bits per heavy atom. The van der Waals surface area contributed by atoms with Crippen molar-refractivity contribution in [1.29, 1.82) is 0 Å². The van der Waals surface area contributed by atoms with Crippen LogP contribution in [-0.4, -0.2) is 35.2 Å². The Morgan fingerprint density at radius 1 is 1.25 bits per heavy atom. The van der Waals surface area contributed by atoms with Crippen molar-refractivity contribution in [2.75, 3.05) is 20.8 Å². The summed E-state index contributed by atoms with van der Waals surface area (Å²) in [5.74, 6) is -0.141. The second-order valence-corrected chi connectivity index (χ2v) is 8.35. The van der Waals surface area contributed by atoms with Gasteiger partial charge in [-0.25, -0.2) is 17.9 Å². The predicted octanol–water partition coefficient (Wildman–Crippen LogP) is 3.25. The molecule has 0 amide bonds. The predicted molar refractivity (Wildman–Crippen MR) is 104 cm³/mol. The summed E-state index contributed by atoms with van der Waals surface area (Å²) in [5, 5.41) is 3.86. The quantitative estimate of drug-likeness (QED) is 0.561. The van der Waals surface area contributed by atoms with E-state index in [4.69, 9.17) is 9.15 Å². The van der Waals surface area contributed by atoms with Crippen molar-refractivity contribution in [3.05, 3.63) is 70.3 Å². The second kappa shape index (κ2) is 8.59. The van der Waals surface area contributed by atoms with Crippen molar-refractivity contribution in [1.82, 2.24) is 4.72 Å². The first kappa shape index (κ1) is 20.1. The fourth-order valence-corrected chi connectivity index (χ4v) is 4.70. The summed E-state index contributed by atoms with van der Waals surface area (Å²) in [6, 6.07) is 9.58. The molecule has 2 aromatic heterocycles. The molecule has 0 saturated carbocycles. The molecule has 0 aliphatic rings. The zero-order chi connectivity index (χ0) is 20.1. The highest BCUT2D eigenvalue weighted by Crippen LogP contribution is 2.29. The smallest absolute Gasteiger partial charge is 0.337 e. The van der Waals surface area contributed by atoms with Gasteiger partial charge in [-0.1, -0.05) is 0 Å². The molecule has 9 heteroatoms. The number of nitrogens with one attached hydrogen (secondary N) is 1. The first-order chi connectivity index (χ1) is 13.5. The van der Waals surface area contributed by atoms with Crippen LogP contribution in [0, 0.1) is 0 Å². The van der Waals surface area contributed by atoms with Crippen LogP contribution in [0.15, 0.2) is 62.7 Å². The number of carbonyl (C=O) groups excluding carboxylic acids is 1. The van der Waals surface area contributed by atoms with E-state index >= 15 is 0 Å². The normalized spacial score (nSPS) is 12.5. The van der Waals surface area contributed by atoms with Crippen molar-refractivity contribution in [3.8, 4) is 5.75 Å². The minimum atomic E-state index is -3.97.